The van der Waals surface area contributed by atoms with Gasteiger partial charge in [0.25, 0.3) is 0 Å². The largest absolute Gasteiger partial charge is 0.371 e. The third-order valence-electron chi connectivity index (χ3n) is 2.05. The summed E-state index contributed by atoms with van der Waals surface area (Å²) < 4.78 is 5.54. The summed E-state index contributed by atoms with van der Waals surface area (Å²) in [4.78, 5) is 8.61. The highest BCUT2D eigenvalue weighted by atomic mass is 16.5. The van der Waals surface area contributed by atoms with Crippen molar-refractivity contribution in [2.45, 2.75) is 33.3 Å². The molecular weight excluding hydrogens is 192 g/mol. The minimum absolute atomic E-state index is 0.0537. The molecule has 0 saturated carbocycles. The van der Waals surface area contributed by atoms with Crippen LogP contribution in [0.25, 0.3) is 0 Å². The predicted octanol–water partition coefficient (Wildman–Crippen LogP) is 1.56. The zero-order valence-corrected chi connectivity index (χ0v) is 9.45. The van der Waals surface area contributed by atoms with E-state index in [-0.39, 0.29) is 6.10 Å². The molecule has 1 unspecified atom stereocenters. The van der Waals surface area contributed by atoms with Crippen LogP contribution in [-0.4, -0.2) is 16.6 Å². The number of aryl methyl sites for hydroxylation is 1. The van der Waals surface area contributed by atoms with Crippen molar-refractivity contribution in [3.05, 3.63) is 17.6 Å². The lowest BCUT2D eigenvalue weighted by atomic mass is 10.2. The van der Waals surface area contributed by atoms with Crippen LogP contribution < -0.4 is 11.3 Å². The molecule has 1 aromatic heterocycles. The topological polar surface area (TPSA) is 73.1 Å². The first-order valence-corrected chi connectivity index (χ1v) is 5.15. The summed E-state index contributed by atoms with van der Waals surface area (Å²) in [6.45, 7) is 6.56. The van der Waals surface area contributed by atoms with Gasteiger partial charge in [-0.1, -0.05) is 6.92 Å². The first-order chi connectivity index (χ1) is 7.21. The van der Waals surface area contributed by atoms with Crippen LogP contribution in [0, 0.1) is 6.92 Å². The maximum Gasteiger partial charge on any atom is 0.159 e. The summed E-state index contributed by atoms with van der Waals surface area (Å²) in [7, 11) is 0. The van der Waals surface area contributed by atoms with Gasteiger partial charge in [0.15, 0.2) is 5.82 Å². The third-order valence-corrected chi connectivity index (χ3v) is 2.05. The smallest absolute Gasteiger partial charge is 0.159 e. The van der Waals surface area contributed by atoms with Crippen molar-refractivity contribution in [3.8, 4) is 0 Å². The van der Waals surface area contributed by atoms with E-state index in [9.17, 15) is 0 Å². The van der Waals surface area contributed by atoms with Crippen LogP contribution in [0.5, 0.6) is 0 Å². The van der Waals surface area contributed by atoms with Crippen LogP contribution in [0.2, 0.25) is 0 Å². The van der Waals surface area contributed by atoms with Gasteiger partial charge in [0, 0.05) is 18.4 Å². The molecule has 1 rings (SSSR count). The van der Waals surface area contributed by atoms with E-state index in [0.717, 1.165) is 12.1 Å². The summed E-state index contributed by atoms with van der Waals surface area (Å²) in [5.41, 5.74) is 3.40. The van der Waals surface area contributed by atoms with E-state index in [4.69, 9.17) is 10.6 Å². The summed E-state index contributed by atoms with van der Waals surface area (Å²) in [5.74, 6) is 6.63. The fraction of sp³-hybridized carbons (Fsp3) is 0.600. The minimum Gasteiger partial charge on any atom is -0.371 e. The minimum atomic E-state index is -0.0537. The molecule has 0 amide bonds. The number of rotatable bonds is 5. The van der Waals surface area contributed by atoms with Gasteiger partial charge in [-0.2, -0.15) is 0 Å². The Morgan fingerprint density at radius 2 is 2.20 bits per heavy atom. The molecule has 1 heterocycles. The molecule has 5 heteroatoms. The van der Waals surface area contributed by atoms with Crippen LogP contribution in [0.15, 0.2) is 6.07 Å². The molecule has 0 fully saturated rings. The average molecular weight is 210 g/mol. The number of anilines is 1. The highest BCUT2D eigenvalue weighted by Gasteiger charge is 2.13. The van der Waals surface area contributed by atoms with Gasteiger partial charge < -0.3 is 10.2 Å². The maximum atomic E-state index is 5.54. The second-order valence-electron chi connectivity index (χ2n) is 3.25. The van der Waals surface area contributed by atoms with Crippen LogP contribution in [0.1, 0.15) is 37.9 Å². The second kappa shape index (κ2) is 5.63. The summed E-state index contributed by atoms with van der Waals surface area (Å²) >= 11 is 0. The Bertz CT molecular complexity index is 316. The Hall–Kier alpha value is -1.20. The number of nitrogens with two attached hydrogens (primary N) is 1. The second-order valence-corrected chi connectivity index (χ2v) is 3.25. The normalized spacial score (nSPS) is 12.5. The van der Waals surface area contributed by atoms with E-state index in [1.807, 2.05) is 20.8 Å². The molecule has 0 radical (unpaired) electrons. The Morgan fingerprint density at radius 1 is 1.47 bits per heavy atom. The molecular formula is C10H18N4O. The average Bonchev–Trinajstić information content (AvgIpc) is 2.24. The quantitative estimate of drug-likeness (QED) is 0.570. The van der Waals surface area contributed by atoms with Crippen molar-refractivity contribution in [1.29, 1.82) is 0 Å². The molecule has 0 aromatic carbocycles. The number of nitrogens with zero attached hydrogens (tertiary/aromatic N) is 2. The maximum absolute atomic E-state index is 5.54. The molecule has 0 bridgehead atoms. The van der Waals surface area contributed by atoms with Crippen molar-refractivity contribution in [3.63, 3.8) is 0 Å². The third kappa shape index (κ3) is 3.14. The van der Waals surface area contributed by atoms with E-state index < -0.39 is 0 Å². The standard InChI is InChI=1S/C10H18N4O/c1-4-8(15-5-2)10-12-7(3)6-9(13-10)14-11/h6,8H,4-5,11H2,1-3H3,(H,12,13,14). The van der Waals surface area contributed by atoms with Crippen molar-refractivity contribution in [1.82, 2.24) is 9.97 Å². The molecule has 0 aliphatic carbocycles. The molecule has 84 valence electrons. The van der Waals surface area contributed by atoms with E-state index >= 15 is 0 Å². The molecule has 5 nitrogen and oxygen atoms in total. The SMILES string of the molecule is CCOC(CC)c1nc(C)cc(NN)n1. The van der Waals surface area contributed by atoms with Crippen LogP contribution in [0.4, 0.5) is 5.82 Å². The molecule has 0 saturated heterocycles. The fourth-order valence-electron chi connectivity index (χ4n) is 1.39. The van der Waals surface area contributed by atoms with Crippen molar-refractivity contribution in [2.75, 3.05) is 12.0 Å². The van der Waals surface area contributed by atoms with Gasteiger partial charge in [0.1, 0.15) is 11.9 Å². The first kappa shape index (κ1) is 11.9. The van der Waals surface area contributed by atoms with Crippen LogP contribution in [-0.2, 0) is 4.74 Å². The first-order valence-electron chi connectivity index (χ1n) is 5.15. The highest BCUT2D eigenvalue weighted by molar-refractivity contribution is 5.34. The van der Waals surface area contributed by atoms with Gasteiger partial charge in [-0.05, 0) is 20.3 Å². The van der Waals surface area contributed by atoms with Crippen molar-refractivity contribution < 1.29 is 4.74 Å². The summed E-state index contributed by atoms with van der Waals surface area (Å²) in [6.07, 6.45) is 0.795. The van der Waals surface area contributed by atoms with E-state index in [1.54, 1.807) is 6.07 Å². The number of nitrogen functional groups attached to an aromatic ring is 1. The van der Waals surface area contributed by atoms with Gasteiger partial charge >= 0.3 is 0 Å². The Morgan fingerprint density at radius 3 is 2.73 bits per heavy atom. The molecule has 1 aromatic rings. The lowest BCUT2D eigenvalue weighted by Gasteiger charge is -2.14. The number of hydrazine groups is 1. The fourth-order valence-corrected chi connectivity index (χ4v) is 1.39. The van der Waals surface area contributed by atoms with Gasteiger partial charge in [-0.3, -0.25) is 0 Å². The van der Waals surface area contributed by atoms with E-state index in [0.29, 0.717) is 18.2 Å². The molecule has 0 aliphatic heterocycles. The number of aromatic nitrogens is 2. The Balaban J connectivity index is 2.95. The van der Waals surface area contributed by atoms with Gasteiger partial charge in [-0.15, -0.1) is 0 Å². The van der Waals surface area contributed by atoms with Gasteiger partial charge in [-0.25, -0.2) is 15.8 Å². The lowest BCUT2D eigenvalue weighted by Crippen LogP contribution is -2.14. The Labute approximate surface area is 90.0 Å². The Kier molecular flexibility index (Phi) is 4.45. The predicted molar refractivity (Wildman–Crippen MR) is 59.2 cm³/mol. The zero-order valence-electron chi connectivity index (χ0n) is 9.45. The molecule has 15 heavy (non-hydrogen) atoms. The summed E-state index contributed by atoms with van der Waals surface area (Å²) in [6, 6.07) is 1.79. The van der Waals surface area contributed by atoms with Crippen molar-refractivity contribution in [2.24, 2.45) is 5.84 Å². The lowest BCUT2D eigenvalue weighted by molar-refractivity contribution is 0.0534. The summed E-state index contributed by atoms with van der Waals surface area (Å²) in [5, 5.41) is 0. The van der Waals surface area contributed by atoms with Gasteiger partial charge in [0.05, 0.1) is 0 Å². The number of nitrogens with one attached hydrogen (secondary N) is 1. The molecule has 3 N–H and O–H groups in total. The van der Waals surface area contributed by atoms with Gasteiger partial charge in [0.2, 0.25) is 0 Å². The van der Waals surface area contributed by atoms with Crippen molar-refractivity contribution >= 4 is 5.82 Å². The highest BCUT2D eigenvalue weighted by Crippen LogP contribution is 2.18. The molecule has 0 aliphatic rings. The van der Waals surface area contributed by atoms with Crippen LogP contribution >= 0.6 is 0 Å². The molecule has 0 spiro atoms. The zero-order chi connectivity index (χ0) is 11.3. The van der Waals surface area contributed by atoms with E-state index in [1.165, 1.54) is 0 Å². The number of hydrogen-bond acceptors (Lipinski definition) is 5. The number of ether oxygens (including phenoxy) is 1. The van der Waals surface area contributed by atoms with Crippen LogP contribution in [0.3, 0.4) is 0 Å². The molecule has 1 atom stereocenters. The number of hydrogen-bond donors (Lipinski definition) is 2. The van der Waals surface area contributed by atoms with E-state index in [2.05, 4.69) is 15.4 Å². The monoisotopic (exact) mass is 210 g/mol.